The number of carbonyl (C=O) groups is 2. The van der Waals surface area contributed by atoms with Gasteiger partial charge in [-0.15, -0.1) is 0 Å². The van der Waals surface area contributed by atoms with Crippen molar-refractivity contribution >= 4 is 27.4 Å². The standard InChI is InChI=1S/C19H21NO5S/c1-4-20(15-8-6-5-7-9-15)18(21)13-25-19(22)17-12-16(26(3,23)24)11-10-14(17)2/h5-12H,4,13H2,1-3H3. The maximum absolute atomic E-state index is 12.4. The molecular formula is C19H21NO5S. The van der Waals surface area contributed by atoms with Crippen LogP contribution in [-0.2, 0) is 19.4 Å². The van der Waals surface area contributed by atoms with Crippen LogP contribution in [0.3, 0.4) is 0 Å². The van der Waals surface area contributed by atoms with Crippen molar-refractivity contribution in [3.8, 4) is 0 Å². The molecule has 0 radical (unpaired) electrons. The van der Waals surface area contributed by atoms with Gasteiger partial charge in [-0.1, -0.05) is 24.3 Å². The van der Waals surface area contributed by atoms with E-state index < -0.39 is 22.4 Å². The zero-order valence-corrected chi connectivity index (χ0v) is 15.7. The Morgan fingerprint density at radius 3 is 2.31 bits per heavy atom. The molecule has 138 valence electrons. The Kier molecular flexibility index (Phi) is 6.15. The summed E-state index contributed by atoms with van der Waals surface area (Å²) in [6, 6.07) is 13.3. The van der Waals surface area contributed by atoms with E-state index in [0.29, 0.717) is 17.8 Å². The van der Waals surface area contributed by atoms with Gasteiger partial charge in [-0.2, -0.15) is 0 Å². The number of hydrogen-bond acceptors (Lipinski definition) is 5. The van der Waals surface area contributed by atoms with Crippen molar-refractivity contribution < 1.29 is 22.7 Å². The molecule has 26 heavy (non-hydrogen) atoms. The summed E-state index contributed by atoms with van der Waals surface area (Å²) in [5.74, 6) is -1.09. The first-order chi connectivity index (χ1) is 12.2. The van der Waals surface area contributed by atoms with Crippen molar-refractivity contribution in [2.45, 2.75) is 18.7 Å². The van der Waals surface area contributed by atoms with Crippen molar-refractivity contribution in [2.24, 2.45) is 0 Å². The molecule has 0 aliphatic heterocycles. The third-order valence-corrected chi connectivity index (χ3v) is 4.98. The Hall–Kier alpha value is -2.67. The largest absolute Gasteiger partial charge is 0.452 e. The summed E-state index contributed by atoms with van der Waals surface area (Å²) in [4.78, 5) is 26.2. The molecule has 0 bridgehead atoms. The van der Waals surface area contributed by atoms with Gasteiger partial charge < -0.3 is 9.64 Å². The van der Waals surface area contributed by atoms with Crippen molar-refractivity contribution in [3.63, 3.8) is 0 Å². The van der Waals surface area contributed by atoms with E-state index in [0.717, 1.165) is 6.26 Å². The molecule has 6 nitrogen and oxygen atoms in total. The maximum Gasteiger partial charge on any atom is 0.338 e. The highest BCUT2D eigenvalue weighted by Gasteiger charge is 2.19. The molecule has 0 aromatic heterocycles. The number of aryl methyl sites for hydroxylation is 1. The smallest absolute Gasteiger partial charge is 0.338 e. The van der Waals surface area contributed by atoms with Gasteiger partial charge in [-0.3, -0.25) is 4.79 Å². The first-order valence-corrected chi connectivity index (χ1v) is 9.96. The van der Waals surface area contributed by atoms with Crippen LogP contribution in [0.15, 0.2) is 53.4 Å². The fourth-order valence-corrected chi connectivity index (χ4v) is 3.09. The van der Waals surface area contributed by atoms with Crippen LogP contribution >= 0.6 is 0 Å². The Bertz CT molecular complexity index is 907. The molecule has 1 amide bonds. The highest BCUT2D eigenvalue weighted by atomic mass is 32.2. The van der Waals surface area contributed by atoms with E-state index in [4.69, 9.17) is 4.74 Å². The molecule has 0 heterocycles. The molecule has 0 fully saturated rings. The number of hydrogen-bond donors (Lipinski definition) is 0. The number of likely N-dealkylation sites (N-methyl/N-ethyl adjacent to an activating group) is 1. The third-order valence-electron chi connectivity index (χ3n) is 3.87. The molecule has 0 unspecified atom stereocenters. The average molecular weight is 375 g/mol. The molecule has 2 aromatic carbocycles. The Balaban J connectivity index is 2.12. The fourth-order valence-electron chi connectivity index (χ4n) is 2.45. The molecule has 0 N–H and O–H groups in total. The van der Waals surface area contributed by atoms with Crippen LogP contribution in [0.2, 0.25) is 0 Å². The Labute approximate surface area is 153 Å². The second-order valence-corrected chi connectivity index (χ2v) is 7.81. The molecule has 2 rings (SSSR count). The number of carbonyl (C=O) groups excluding carboxylic acids is 2. The SMILES string of the molecule is CCN(C(=O)COC(=O)c1cc(S(C)(=O)=O)ccc1C)c1ccccc1. The highest BCUT2D eigenvalue weighted by Crippen LogP contribution is 2.17. The summed E-state index contributed by atoms with van der Waals surface area (Å²) >= 11 is 0. The average Bonchev–Trinajstić information content (AvgIpc) is 2.60. The topological polar surface area (TPSA) is 80.8 Å². The number of ether oxygens (including phenoxy) is 1. The zero-order valence-electron chi connectivity index (χ0n) is 14.9. The number of esters is 1. The molecule has 2 aromatic rings. The van der Waals surface area contributed by atoms with E-state index in [1.54, 1.807) is 19.1 Å². The minimum absolute atomic E-state index is 0.0286. The lowest BCUT2D eigenvalue weighted by Gasteiger charge is -2.20. The highest BCUT2D eigenvalue weighted by molar-refractivity contribution is 7.90. The van der Waals surface area contributed by atoms with Crippen molar-refractivity contribution in [2.75, 3.05) is 24.3 Å². The van der Waals surface area contributed by atoms with Gasteiger partial charge in [-0.05, 0) is 43.7 Å². The summed E-state index contributed by atoms with van der Waals surface area (Å²) in [5.41, 5.74) is 1.42. The molecule has 0 saturated carbocycles. The predicted molar refractivity (Wildman–Crippen MR) is 99.0 cm³/mol. The van der Waals surface area contributed by atoms with Gasteiger partial charge >= 0.3 is 5.97 Å². The van der Waals surface area contributed by atoms with E-state index >= 15 is 0 Å². The second kappa shape index (κ2) is 8.14. The molecule has 0 aliphatic rings. The van der Waals surface area contributed by atoms with Gasteiger partial charge in [0.1, 0.15) is 0 Å². The second-order valence-electron chi connectivity index (χ2n) is 5.80. The lowest BCUT2D eigenvalue weighted by atomic mass is 10.1. The van der Waals surface area contributed by atoms with Gasteiger partial charge in [0.2, 0.25) is 0 Å². The summed E-state index contributed by atoms with van der Waals surface area (Å²) in [6.07, 6.45) is 1.06. The van der Waals surface area contributed by atoms with E-state index in [2.05, 4.69) is 0 Å². The Morgan fingerprint density at radius 1 is 1.08 bits per heavy atom. The number of para-hydroxylation sites is 1. The van der Waals surface area contributed by atoms with Crippen molar-refractivity contribution in [3.05, 3.63) is 59.7 Å². The molecular weight excluding hydrogens is 354 g/mol. The molecule has 0 atom stereocenters. The van der Waals surface area contributed by atoms with Gasteiger partial charge in [0, 0.05) is 18.5 Å². The summed E-state index contributed by atoms with van der Waals surface area (Å²) < 4.78 is 28.4. The van der Waals surface area contributed by atoms with Gasteiger partial charge in [0.25, 0.3) is 5.91 Å². The quantitative estimate of drug-likeness (QED) is 0.725. The fraction of sp³-hybridized carbons (Fsp3) is 0.263. The Morgan fingerprint density at radius 2 is 1.73 bits per heavy atom. The van der Waals surface area contributed by atoms with E-state index in [-0.39, 0.29) is 16.4 Å². The molecule has 0 spiro atoms. The van der Waals surface area contributed by atoms with Gasteiger partial charge in [0.15, 0.2) is 16.4 Å². The van der Waals surface area contributed by atoms with Gasteiger partial charge in [-0.25, -0.2) is 13.2 Å². The number of amides is 1. The predicted octanol–water partition coefficient (Wildman–Crippen LogP) is 2.61. The van der Waals surface area contributed by atoms with Crippen LogP contribution in [0.4, 0.5) is 5.69 Å². The number of benzene rings is 2. The first kappa shape index (κ1) is 19.7. The van der Waals surface area contributed by atoms with Crippen molar-refractivity contribution in [1.29, 1.82) is 0 Å². The number of rotatable bonds is 6. The number of nitrogens with zero attached hydrogens (tertiary/aromatic N) is 1. The molecule has 7 heteroatoms. The molecule has 0 aliphatic carbocycles. The van der Waals surface area contributed by atoms with E-state index in [1.165, 1.54) is 23.1 Å². The normalized spacial score (nSPS) is 11.0. The van der Waals surface area contributed by atoms with Crippen LogP contribution in [-0.4, -0.2) is 39.7 Å². The minimum Gasteiger partial charge on any atom is -0.452 e. The van der Waals surface area contributed by atoms with Crippen LogP contribution in [0.5, 0.6) is 0 Å². The lowest BCUT2D eigenvalue weighted by Crippen LogP contribution is -2.34. The minimum atomic E-state index is -3.44. The van der Waals surface area contributed by atoms with E-state index in [1.807, 2.05) is 25.1 Å². The maximum atomic E-state index is 12.4. The van der Waals surface area contributed by atoms with Crippen LogP contribution < -0.4 is 4.90 Å². The monoisotopic (exact) mass is 375 g/mol. The summed E-state index contributed by atoms with van der Waals surface area (Å²) in [6.45, 7) is 3.51. The number of anilines is 1. The zero-order chi connectivity index (χ0) is 19.3. The van der Waals surface area contributed by atoms with Crippen LogP contribution in [0.25, 0.3) is 0 Å². The third kappa shape index (κ3) is 4.70. The number of sulfone groups is 1. The van der Waals surface area contributed by atoms with Crippen LogP contribution in [0, 0.1) is 6.92 Å². The van der Waals surface area contributed by atoms with Crippen LogP contribution in [0.1, 0.15) is 22.8 Å². The van der Waals surface area contributed by atoms with E-state index in [9.17, 15) is 18.0 Å². The first-order valence-electron chi connectivity index (χ1n) is 8.07. The lowest BCUT2D eigenvalue weighted by molar-refractivity contribution is -0.121. The van der Waals surface area contributed by atoms with Crippen molar-refractivity contribution in [1.82, 2.24) is 0 Å². The van der Waals surface area contributed by atoms with Gasteiger partial charge in [0.05, 0.1) is 10.5 Å². The summed E-state index contributed by atoms with van der Waals surface area (Å²) in [5, 5.41) is 0. The summed E-state index contributed by atoms with van der Waals surface area (Å²) in [7, 11) is -3.44. The molecule has 0 saturated heterocycles.